The Kier molecular flexibility index (Phi) is 5.83. The Hall–Kier alpha value is -1.22. The first kappa shape index (κ1) is 10.8. The summed E-state index contributed by atoms with van der Waals surface area (Å²) >= 11 is 0. The molecule has 0 saturated heterocycles. The van der Waals surface area contributed by atoms with E-state index in [0.29, 0.717) is 5.75 Å². The number of phenols is 1. The van der Waals surface area contributed by atoms with Crippen LogP contribution in [0.15, 0.2) is 24.3 Å². The van der Waals surface area contributed by atoms with Crippen molar-refractivity contribution in [2.24, 2.45) is 5.73 Å². The first-order valence-corrected chi connectivity index (χ1v) is 3.78. The number of nitrogens with two attached hydrogens (primary N) is 1. The molecule has 3 nitrogen and oxygen atoms in total. The van der Waals surface area contributed by atoms with Gasteiger partial charge >= 0.3 is 0 Å². The van der Waals surface area contributed by atoms with Crippen LogP contribution in [0.2, 0.25) is 0 Å². The Balaban J connectivity index is 0.000000354. The van der Waals surface area contributed by atoms with Crippen molar-refractivity contribution in [1.29, 1.82) is 0 Å². The average Bonchev–Trinajstić information content (AvgIpc) is 2.07. The third-order valence-electron chi connectivity index (χ3n) is 1.09. The average molecular weight is 169 g/mol. The maximum atomic E-state index is 8.99. The molecule has 0 fully saturated rings. The maximum absolute atomic E-state index is 8.99. The number of benzene rings is 1. The Bertz CT molecular complexity index is 213. The van der Waals surface area contributed by atoms with Gasteiger partial charge in [-0.15, -0.1) is 0 Å². The Morgan fingerprint density at radius 3 is 2.25 bits per heavy atom. The normalized spacial score (nSPS) is 8.25. The highest BCUT2D eigenvalue weighted by Crippen LogP contribution is 2.22. The predicted octanol–water partition coefficient (Wildman–Crippen LogP) is 1.37. The van der Waals surface area contributed by atoms with E-state index in [0.717, 1.165) is 6.54 Å². The molecule has 1 rings (SSSR count). The smallest absolute Gasteiger partial charge is 0.160 e. The molecule has 0 amide bonds. The molecule has 0 atom stereocenters. The zero-order valence-electron chi connectivity index (χ0n) is 7.45. The fraction of sp³-hybridized carbons (Fsp3) is 0.333. The highest BCUT2D eigenvalue weighted by molar-refractivity contribution is 5.37. The van der Waals surface area contributed by atoms with Crippen LogP contribution in [0.3, 0.4) is 0 Å². The third kappa shape index (κ3) is 3.83. The van der Waals surface area contributed by atoms with Crippen molar-refractivity contribution in [2.75, 3.05) is 13.7 Å². The second kappa shape index (κ2) is 6.49. The lowest BCUT2D eigenvalue weighted by molar-refractivity contribution is 0.373. The summed E-state index contributed by atoms with van der Waals surface area (Å²) in [4.78, 5) is 0. The monoisotopic (exact) mass is 169 g/mol. The topological polar surface area (TPSA) is 55.5 Å². The number of hydrogen-bond donors (Lipinski definition) is 2. The second-order valence-corrected chi connectivity index (χ2v) is 2.08. The van der Waals surface area contributed by atoms with Crippen LogP contribution in [0.25, 0.3) is 0 Å². The lowest BCUT2D eigenvalue weighted by Crippen LogP contribution is -1.87. The van der Waals surface area contributed by atoms with Crippen molar-refractivity contribution in [1.82, 2.24) is 0 Å². The number of para-hydroxylation sites is 2. The highest BCUT2D eigenvalue weighted by Gasteiger charge is 1.94. The number of ether oxygens (including phenoxy) is 1. The van der Waals surface area contributed by atoms with E-state index in [2.05, 4.69) is 0 Å². The van der Waals surface area contributed by atoms with Crippen molar-refractivity contribution >= 4 is 0 Å². The largest absolute Gasteiger partial charge is 0.504 e. The third-order valence-corrected chi connectivity index (χ3v) is 1.09. The van der Waals surface area contributed by atoms with Crippen molar-refractivity contribution in [2.45, 2.75) is 6.92 Å². The molecule has 0 unspecified atom stereocenters. The Labute approximate surface area is 72.8 Å². The summed E-state index contributed by atoms with van der Waals surface area (Å²) in [7, 11) is 1.52. The minimum atomic E-state index is 0.181. The van der Waals surface area contributed by atoms with E-state index in [-0.39, 0.29) is 5.75 Å². The van der Waals surface area contributed by atoms with E-state index in [1.54, 1.807) is 24.3 Å². The van der Waals surface area contributed by atoms with Crippen LogP contribution in [0, 0.1) is 0 Å². The minimum Gasteiger partial charge on any atom is -0.504 e. The van der Waals surface area contributed by atoms with Gasteiger partial charge in [0.05, 0.1) is 7.11 Å². The van der Waals surface area contributed by atoms with Gasteiger partial charge < -0.3 is 15.6 Å². The van der Waals surface area contributed by atoms with Crippen LogP contribution in [-0.2, 0) is 0 Å². The molecule has 3 N–H and O–H groups in total. The summed E-state index contributed by atoms with van der Waals surface area (Å²) in [6.45, 7) is 2.65. The maximum Gasteiger partial charge on any atom is 0.160 e. The summed E-state index contributed by atoms with van der Waals surface area (Å²) in [5.41, 5.74) is 4.85. The lowest BCUT2D eigenvalue weighted by Gasteiger charge is -1.99. The van der Waals surface area contributed by atoms with E-state index in [9.17, 15) is 0 Å². The Morgan fingerprint density at radius 2 is 1.92 bits per heavy atom. The molecule has 68 valence electrons. The van der Waals surface area contributed by atoms with Gasteiger partial charge in [0, 0.05) is 0 Å². The number of methoxy groups -OCH3 is 1. The molecule has 0 aliphatic carbocycles. The van der Waals surface area contributed by atoms with E-state index in [1.165, 1.54) is 7.11 Å². The molecule has 1 aromatic rings. The summed E-state index contributed by atoms with van der Waals surface area (Å²) in [6, 6.07) is 6.84. The van der Waals surface area contributed by atoms with Gasteiger partial charge in [0.2, 0.25) is 0 Å². The zero-order valence-corrected chi connectivity index (χ0v) is 7.45. The fourth-order valence-electron chi connectivity index (χ4n) is 0.630. The van der Waals surface area contributed by atoms with Crippen molar-refractivity contribution < 1.29 is 9.84 Å². The van der Waals surface area contributed by atoms with Crippen LogP contribution >= 0.6 is 0 Å². The van der Waals surface area contributed by atoms with Crippen molar-refractivity contribution in [3.05, 3.63) is 24.3 Å². The standard InChI is InChI=1S/C7H8O2.C2H7N/c1-9-7-5-3-2-4-6(7)8;1-2-3/h2-5,8H,1H3;2-3H2,1H3. The van der Waals surface area contributed by atoms with Gasteiger partial charge in [-0.05, 0) is 18.7 Å². The van der Waals surface area contributed by atoms with Gasteiger partial charge in [-0.2, -0.15) is 0 Å². The molecule has 12 heavy (non-hydrogen) atoms. The van der Waals surface area contributed by atoms with Gasteiger partial charge in [-0.1, -0.05) is 19.1 Å². The van der Waals surface area contributed by atoms with Crippen LogP contribution in [0.5, 0.6) is 11.5 Å². The Morgan fingerprint density at radius 1 is 1.42 bits per heavy atom. The number of phenolic OH excluding ortho intramolecular Hbond substituents is 1. The van der Waals surface area contributed by atoms with Crippen LogP contribution in [0.4, 0.5) is 0 Å². The van der Waals surface area contributed by atoms with E-state index in [1.807, 2.05) is 6.92 Å². The van der Waals surface area contributed by atoms with Crippen molar-refractivity contribution in [3.8, 4) is 11.5 Å². The lowest BCUT2D eigenvalue weighted by atomic mass is 10.3. The van der Waals surface area contributed by atoms with Gasteiger partial charge in [0.1, 0.15) is 0 Å². The van der Waals surface area contributed by atoms with Crippen LogP contribution < -0.4 is 10.5 Å². The molecule has 0 bridgehead atoms. The molecule has 1 aromatic carbocycles. The molecule has 0 aliphatic heterocycles. The summed E-state index contributed by atoms with van der Waals surface area (Å²) < 4.78 is 4.79. The molecular weight excluding hydrogens is 154 g/mol. The first-order chi connectivity index (χ1) is 5.76. The number of rotatable bonds is 1. The molecule has 0 aromatic heterocycles. The molecule has 0 aliphatic rings. The summed E-state index contributed by atoms with van der Waals surface area (Å²) in [5, 5.41) is 8.99. The van der Waals surface area contributed by atoms with E-state index < -0.39 is 0 Å². The minimum absolute atomic E-state index is 0.181. The highest BCUT2D eigenvalue weighted by atomic mass is 16.5. The van der Waals surface area contributed by atoms with Gasteiger partial charge in [-0.25, -0.2) is 0 Å². The van der Waals surface area contributed by atoms with E-state index >= 15 is 0 Å². The number of hydrogen-bond acceptors (Lipinski definition) is 3. The molecular formula is C9H15NO2. The van der Waals surface area contributed by atoms with Crippen LogP contribution in [-0.4, -0.2) is 18.8 Å². The quantitative estimate of drug-likeness (QED) is 0.667. The molecule has 0 heterocycles. The molecule has 0 radical (unpaired) electrons. The van der Waals surface area contributed by atoms with Gasteiger partial charge in [0.25, 0.3) is 0 Å². The van der Waals surface area contributed by atoms with Gasteiger partial charge in [-0.3, -0.25) is 0 Å². The molecule has 0 saturated carbocycles. The van der Waals surface area contributed by atoms with E-state index in [4.69, 9.17) is 15.6 Å². The summed E-state index contributed by atoms with van der Waals surface area (Å²) in [5.74, 6) is 0.692. The summed E-state index contributed by atoms with van der Waals surface area (Å²) in [6.07, 6.45) is 0. The second-order valence-electron chi connectivity index (χ2n) is 2.08. The molecule has 3 heteroatoms. The predicted molar refractivity (Wildman–Crippen MR) is 49.4 cm³/mol. The number of aromatic hydroxyl groups is 1. The first-order valence-electron chi connectivity index (χ1n) is 3.78. The fourth-order valence-corrected chi connectivity index (χ4v) is 0.630. The van der Waals surface area contributed by atoms with Crippen molar-refractivity contribution in [3.63, 3.8) is 0 Å². The molecule has 0 spiro atoms. The van der Waals surface area contributed by atoms with Crippen LogP contribution in [0.1, 0.15) is 6.92 Å². The van der Waals surface area contributed by atoms with Gasteiger partial charge in [0.15, 0.2) is 11.5 Å². The zero-order chi connectivity index (χ0) is 9.40. The SMILES string of the molecule is CCN.COc1ccccc1O.